The summed E-state index contributed by atoms with van der Waals surface area (Å²) in [6.45, 7) is 2.54. The number of hydrogen-bond donors (Lipinski definition) is 0. The van der Waals surface area contributed by atoms with Crippen LogP contribution in [0.1, 0.15) is 20.7 Å². The van der Waals surface area contributed by atoms with Crippen molar-refractivity contribution in [1.29, 1.82) is 0 Å². The van der Waals surface area contributed by atoms with Gasteiger partial charge in [0.1, 0.15) is 5.52 Å². The first-order chi connectivity index (χ1) is 14.5. The number of aromatic nitrogens is 1. The summed E-state index contributed by atoms with van der Waals surface area (Å²) < 4.78 is 11.1. The summed E-state index contributed by atoms with van der Waals surface area (Å²) >= 11 is 7.79. The van der Waals surface area contributed by atoms with Crippen LogP contribution in [0.4, 0.5) is 5.13 Å². The number of esters is 1. The average Bonchev–Trinajstić information content (AvgIpc) is 3.22. The number of nitrogens with zero attached hydrogens (tertiary/aromatic N) is 3. The number of amides is 1. The second-order valence-electron chi connectivity index (χ2n) is 6.77. The van der Waals surface area contributed by atoms with Crippen LogP contribution in [0, 0.1) is 0 Å². The minimum atomic E-state index is -0.420. The monoisotopic (exact) mass is 445 g/mol. The number of anilines is 1. The molecular formula is C21H20ClN3O4S. The molecule has 9 heteroatoms. The Kier molecular flexibility index (Phi) is 5.78. The molecule has 0 saturated carbocycles. The number of fused-ring (bicyclic) bond motifs is 1. The first kappa shape index (κ1) is 20.4. The fraction of sp³-hybridized carbons (Fsp3) is 0.286. The van der Waals surface area contributed by atoms with Crippen molar-refractivity contribution in [1.82, 2.24) is 9.88 Å². The summed E-state index contributed by atoms with van der Waals surface area (Å²) in [7, 11) is 2.92. The summed E-state index contributed by atoms with van der Waals surface area (Å²) in [5.41, 5.74) is 1.73. The number of carbonyl (C=O) groups excluding carboxylic acids is 2. The van der Waals surface area contributed by atoms with Gasteiger partial charge in [0.2, 0.25) is 0 Å². The molecule has 30 heavy (non-hydrogen) atoms. The van der Waals surface area contributed by atoms with Gasteiger partial charge in [-0.2, -0.15) is 0 Å². The van der Waals surface area contributed by atoms with Gasteiger partial charge in [-0.3, -0.25) is 4.79 Å². The Hall–Kier alpha value is -2.84. The lowest BCUT2D eigenvalue weighted by atomic mass is 10.1. The van der Waals surface area contributed by atoms with Crippen LogP contribution in [0.25, 0.3) is 10.2 Å². The summed E-state index contributed by atoms with van der Waals surface area (Å²) in [5.74, 6) is 0.112. The molecule has 0 unspecified atom stereocenters. The van der Waals surface area contributed by atoms with E-state index < -0.39 is 5.97 Å². The maximum atomic E-state index is 12.8. The van der Waals surface area contributed by atoms with Crippen LogP contribution in [0.2, 0.25) is 5.02 Å². The molecule has 0 atom stereocenters. The van der Waals surface area contributed by atoms with E-state index in [0.717, 1.165) is 15.3 Å². The summed E-state index contributed by atoms with van der Waals surface area (Å²) in [4.78, 5) is 33.1. The SMILES string of the molecule is COC(=O)c1ccc(C(=O)N2CCN(c3nc4c(OC)c(Cl)ccc4s3)CC2)cc1. The van der Waals surface area contributed by atoms with E-state index in [-0.39, 0.29) is 5.91 Å². The fourth-order valence-electron chi connectivity index (χ4n) is 3.41. The molecule has 1 saturated heterocycles. The number of rotatable bonds is 4. The zero-order chi connectivity index (χ0) is 21.3. The zero-order valence-electron chi connectivity index (χ0n) is 16.6. The Morgan fingerprint density at radius 2 is 1.67 bits per heavy atom. The van der Waals surface area contributed by atoms with Gasteiger partial charge in [0.05, 0.1) is 29.5 Å². The summed E-state index contributed by atoms with van der Waals surface area (Å²) in [6.07, 6.45) is 0. The second-order valence-corrected chi connectivity index (χ2v) is 8.19. The molecule has 1 aliphatic heterocycles. The molecule has 3 aromatic rings. The average molecular weight is 446 g/mol. The third-order valence-corrected chi connectivity index (χ3v) is 6.43. The molecule has 1 amide bonds. The minimum absolute atomic E-state index is 0.0520. The number of thiazole rings is 1. The fourth-order valence-corrected chi connectivity index (χ4v) is 4.66. The lowest BCUT2D eigenvalue weighted by Gasteiger charge is -2.34. The van der Waals surface area contributed by atoms with Gasteiger partial charge >= 0.3 is 5.97 Å². The summed E-state index contributed by atoms with van der Waals surface area (Å²) in [5, 5.41) is 1.43. The number of methoxy groups -OCH3 is 2. The van der Waals surface area contributed by atoms with Crippen LogP contribution in [-0.2, 0) is 4.74 Å². The number of piperazine rings is 1. The third-order valence-electron chi connectivity index (χ3n) is 5.05. The van der Waals surface area contributed by atoms with Crippen molar-refractivity contribution in [2.75, 3.05) is 45.3 Å². The molecule has 0 aliphatic carbocycles. The van der Waals surface area contributed by atoms with Gasteiger partial charge in [0.25, 0.3) is 5.91 Å². The second kappa shape index (κ2) is 8.49. The van der Waals surface area contributed by atoms with Gasteiger partial charge < -0.3 is 19.3 Å². The first-order valence-corrected chi connectivity index (χ1v) is 10.6. The molecule has 0 N–H and O–H groups in total. The van der Waals surface area contributed by atoms with Crippen molar-refractivity contribution in [2.45, 2.75) is 0 Å². The van der Waals surface area contributed by atoms with E-state index in [1.807, 2.05) is 17.0 Å². The predicted octanol–water partition coefficient (Wildman–Crippen LogP) is 3.71. The quantitative estimate of drug-likeness (QED) is 0.570. The molecule has 1 aliphatic rings. The molecule has 156 valence electrons. The van der Waals surface area contributed by atoms with Crippen molar-refractivity contribution in [3.63, 3.8) is 0 Å². The predicted molar refractivity (Wildman–Crippen MR) is 117 cm³/mol. The number of carbonyl (C=O) groups is 2. The maximum Gasteiger partial charge on any atom is 0.337 e. The Morgan fingerprint density at radius 3 is 2.30 bits per heavy atom. The van der Waals surface area contributed by atoms with Crippen molar-refractivity contribution in [3.05, 3.63) is 52.5 Å². The molecule has 2 aromatic carbocycles. The van der Waals surface area contributed by atoms with E-state index in [1.54, 1.807) is 42.7 Å². The van der Waals surface area contributed by atoms with E-state index in [2.05, 4.69) is 9.64 Å². The summed E-state index contributed by atoms with van der Waals surface area (Å²) in [6, 6.07) is 10.3. The molecule has 7 nitrogen and oxygen atoms in total. The van der Waals surface area contributed by atoms with Crippen molar-refractivity contribution >= 4 is 50.2 Å². The van der Waals surface area contributed by atoms with Crippen molar-refractivity contribution in [2.24, 2.45) is 0 Å². The molecule has 0 radical (unpaired) electrons. The smallest absolute Gasteiger partial charge is 0.337 e. The molecule has 1 fully saturated rings. The highest BCUT2D eigenvalue weighted by Crippen LogP contribution is 2.38. The maximum absolute atomic E-state index is 12.8. The Bertz CT molecular complexity index is 1090. The zero-order valence-corrected chi connectivity index (χ0v) is 18.1. The van der Waals surface area contributed by atoms with Gasteiger partial charge in [0, 0.05) is 31.7 Å². The van der Waals surface area contributed by atoms with Gasteiger partial charge in [-0.1, -0.05) is 22.9 Å². The Morgan fingerprint density at radius 1 is 1.00 bits per heavy atom. The van der Waals surface area contributed by atoms with Gasteiger partial charge in [-0.05, 0) is 36.4 Å². The molecule has 1 aromatic heterocycles. The van der Waals surface area contributed by atoms with E-state index in [9.17, 15) is 9.59 Å². The highest BCUT2D eigenvalue weighted by Gasteiger charge is 2.25. The number of hydrogen-bond acceptors (Lipinski definition) is 7. The van der Waals surface area contributed by atoms with E-state index in [0.29, 0.717) is 48.1 Å². The Labute approximate surface area is 182 Å². The molecule has 0 bridgehead atoms. The van der Waals surface area contributed by atoms with E-state index in [1.165, 1.54) is 7.11 Å². The Balaban J connectivity index is 1.44. The van der Waals surface area contributed by atoms with Crippen LogP contribution in [0.3, 0.4) is 0 Å². The molecule has 4 rings (SSSR count). The topological polar surface area (TPSA) is 72.0 Å². The van der Waals surface area contributed by atoms with Gasteiger partial charge in [-0.25, -0.2) is 9.78 Å². The van der Waals surface area contributed by atoms with Crippen LogP contribution in [0.15, 0.2) is 36.4 Å². The lowest BCUT2D eigenvalue weighted by molar-refractivity contribution is 0.0599. The highest BCUT2D eigenvalue weighted by atomic mass is 35.5. The van der Waals surface area contributed by atoms with Crippen molar-refractivity contribution < 1.29 is 19.1 Å². The number of benzene rings is 2. The molecular weight excluding hydrogens is 426 g/mol. The van der Waals surface area contributed by atoms with Crippen LogP contribution in [0.5, 0.6) is 5.75 Å². The van der Waals surface area contributed by atoms with Gasteiger partial charge in [-0.15, -0.1) is 0 Å². The minimum Gasteiger partial charge on any atom is -0.493 e. The third kappa shape index (κ3) is 3.80. The molecule has 0 spiro atoms. The normalized spacial score (nSPS) is 14.1. The number of ether oxygens (including phenoxy) is 2. The first-order valence-electron chi connectivity index (χ1n) is 9.37. The van der Waals surface area contributed by atoms with Crippen LogP contribution >= 0.6 is 22.9 Å². The molecule has 2 heterocycles. The van der Waals surface area contributed by atoms with E-state index in [4.69, 9.17) is 21.3 Å². The lowest BCUT2D eigenvalue weighted by Crippen LogP contribution is -2.48. The standard InChI is InChI=1S/C21H20ClN3O4S/c1-28-18-15(22)7-8-16-17(18)23-21(30-16)25-11-9-24(10-12-25)19(26)13-3-5-14(6-4-13)20(27)29-2/h3-8H,9-12H2,1-2H3. The van der Waals surface area contributed by atoms with Crippen LogP contribution < -0.4 is 9.64 Å². The largest absolute Gasteiger partial charge is 0.493 e. The van der Waals surface area contributed by atoms with E-state index >= 15 is 0 Å². The highest BCUT2D eigenvalue weighted by molar-refractivity contribution is 7.22. The van der Waals surface area contributed by atoms with Crippen molar-refractivity contribution in [3.8, 4) is 5.75 Å². The number of halogens is 1. The van der Waals surface area contributed by atoms with Crippen LogP contribution in [-0.4, -0.2) is 62.2 Å². The van der Waals surface area contributed by atoms with Gasteiger partial charge in [0.15, 0.2) is 10.9 Å².